The number of hydrogen-bond acceptors (Lipinski definition) is 3. The predicted molar refractivity (Wildman–Crippen MR) is 74.4 cm³/mol. The SMILES string of the molecule is CCCn1cncc1CN1CCC(CNC)CC1. The van der Waals surface area contributed by atoms with Crippen molar-refractivity contribution in [3.05, 3.63) is 18.2 Å². The first-order chi connectivity index (χ1) is 8.83. The van der Waals surface area contributed by atoms with Crippen LogP contribution < -0.4 is 5.32 Å². The largest absolute Gasteiger partial charge is 0.333 e. The van der Waals surface area contributed by atoms with Gasteiger partial charge in [-0.25, -0.2) is 4.98 Å². The molecule has 0 aromatic carbocycles. The monoisotopic (exact) mass is 250 g/mol. The van der Waals surface area contributed by atoms with Crippen LogP contribution in [0, 0.1) is 5.92 Å². The van der Waals surface area contributed by atoms with E-state index in [4.69, 9.17) is 0 Å². The zero-order chi connectivity index (χ0) is 12.8. The summed E-state index contributed by atoms with van der Waals surface area (Å²) in [5.41, 5.74) is 1.36. The number of piperidine rings is 1. The smallest absolute Gasteiger partial charge is 0.0948 e. The number of aromatic nitrogens is 2. The van der Waals surface area contributed by atoms with Crippen LogP contribution in [0.2, 0.25) is 0 Å². The van der Waals surface area contributed by atoms with Gasteiger partial charge in [-0.3, -0.25) is 4.90 Å². The molecule has 0 spiro atoms. The predicted octanol–water partition coefficient (Wildman–Crippen LogP) is 1.72. The highest BCUT2D eigenvalue weighted by atomic mass is 15.2. The molecule has 0 saturated carbocycles. The molecule has 1 N–H and O–H groups in total. The normalized spacial score (nSPS) is 18.3. The van der Waals surface area contributed by atoms with Gasteiger partial charge in [0.25, 0.3) is 0 Å². The molecule has 1 aliphatic heterocycles. The fraction of sp³-hybridized carbons (Fsp3) is 0.786. The topological polar surface area (TPSA) is 33.1 Å². The Morgan fingerprint density at radius 2 is 2.17 bits per heavy atom. The van der Waals surface area contributed by atoms with Crippen LogP contribution in [0.25, 0.3) is 0 Å². The molecule has 0 aliphatic carbocycles. The van der Waals surface area contributed by atoms with Crippen molar-refractivity contribution < 1.29 is 0 Å². The maximum absolute atomic E-state index is 4.28. The van der Waals surface area contributed by atoms with E-state index in [0.29, 0.717) is 0 Å². The highest BCUT2D eigenvalue weighted by Crippen LogP contribution is 2.18. The van der Waals surface area contributed by atoms with Crippen molar-refractivity contribution in [2.24, 2.45) is 5.92 Å². The van der Waals surface area contributed by atoms with Crippen molar-refractivity contribution in [1.82, 2.24) is 19.8 Å². The third kappa shape index (κ3) is 3.56. The quantitative estimate of drug-likeness (QED) is 0.834. The van der Waals surface area contributed by atoms with E-state index >= 15 is 0 Å². The average Bonchev–Trinajstić information content (AvgIpc) is 2.80. The maximum Gasteiger partial charge on any atom is 0.0948 e. The van der Waals surface area contributed by atoms with Crippen molar-refractivity contribution in [2.75, 3.05) is 26.7 Å². The number of hydrogen-bond donors (Lipinski definition) is 1. The van der Waals surface area contributed by atoms with Crippen LogP contribution in [0.3, 0.4) is 0 Å². The zero-order valence-corrected chi connectivity index (χ0v) is 11.7. The maximum atomic E-state index is 4.28. The van der Waals surface area contributed by atoms with Crippen LogP contribution in [0.1, 0.15) is 31.9 Å². The molecule has 18 heavy (non-hydrogen) atoms. The first-order valence-corrected chi connectivity index (χ1v) is 7.19. The minimum absolute atomic E-state index is 0.867. The lowest BCUT2D eigenvalue weighted by Crippen LogP contribution is -2.36. The minimum Gasteiger partial charge on any atom is -0.333 e. The van der Waals surface area contributed by atoms with E-state index in [1.165, 1.54) is 44.6 Å². The van der Waals surface area contributed by atoms with E-state index in [2.05, 4.69) is 33.7 Å². The molecule has 0 atom stereocenters. The van der Waals surface area contributed by atoms with E-state index in [-0.39, 0.29) is 0 Å². The highest BCUT2D eigenvalue weighted by Gasteiger charge is 2.19. The number of aryl methyl sites for hydroxylation is 1. The lowest BCUT2D eigenvalue weighted by Gasteiger charge is -2.31. The molecule has 0 radical (unpaired) electrons. The van der Waals surface area contributed by atoms with Gasteiger partial charge < -0.3 is 9.88 Å². The molecule has 1 aromatic rings. The number of likely N-dealkylation sites (tertiary alicyclic amines) is 1. The summed E-state index contributed by atoms with van der Waals surface area (Å²) in [5, 5.41) is 3.29. The Bertz CT molecular complexity index is 339. The van der Waals surface area contributed by atoms with E-state index in [0.717, 1.165) is 19.0 Å². The van der Waals surface area contributed by atoms with Gasteiger partial charge in [0, 0.05) is 19.3 Å². The van der Waals surface area contributed by atoms with Gasteiger partial charge in [0.05, 0.1) is 12.0 Å². The fourth-order valence-corrected chi connectivity index (χ4v) is 2.79. The second-order valence-corrected chi connectivity index (χ2v) is 5.36. The zero-order valence-electron chi connectivity index (χ0n) is 11.7. The second kappa shape index (κ2) is 6.90. The Balaban J connectivity index is 1.82. The summed E-state index contributed by atoms with van der Waals surface area (Å²) in [5.74, 6) is 0.867. The van der Waals surface area contributed by atoms with E-state index in [1.54, 1.807) is 0 Å². The first-order valence-electron chi connectivity index (χ1n) is 7.19. The number of rotatable bonds is 6. The van der Waals surface area contributed by atoms with Crippen LogP contribution in [0.15, 0.2) is 12.5 Å². The Labute approximate surface area is 110 Å². The van der Waals surface area contributed by atoms with Gasteiger partial charge in [-0.1, -0.05) is 6.92 Å². The molecular formula is C14H26N4. The van der Waals surface area contributed by atoms with Crippen molar-refractivity contribution in [2.45, 2.75) is 39.3 Å². The number of imidazole rings is 1. The summed E-state index contributed by atoms with van der Waals surface area (Å²) in [7, 11) is 2.05. The van der Waals surface area contributed by atoms with Gasteiger partial charge in [0.2, 0.25) is 0 Å². The molecule has 2 rings (SSSR count). The van der Waals surface area contributed by atoms with Crippen molar-refractivity contribution in [1.29, 1.82) is 0 Å². The van der Waals surface area contributed by atoms with Gasteiger partial charge in [0.1, 0.15) is 0 Å². The summed E-state index contributed by atoms with van der Waals surface area (Å²) in [6.07, 6.45) is 7.81. The van der Waals surface area contributed by atoms with Crippen LogP contribution >= 0.6 is 0 Å². The fourth-order valence-electron chi connectivity index (χ4n) is 2.79. The van der Waals surface area contributed by atoms with Gasteiger partial charge in [0.15, 0.2) is 0 Å². The molecular weight excluding hydrogens is 224 g/mol. The summed E-state index contributed by atoms with van der Waals surface area (Å²) in [6.45, 7) is 7.99. The Hall–Kier alpha value is -0.870. The number of nitrogens with one attached hydrogen (secondary N) is 1. The molecule has 102 valence electrons. The van der Waals surface area contributed by atoms with Crippen LogP contribution in [-0.2, 0) is 13.1 Å². The third-order valence-corrected chi connectivity index (χ3v) is 3.85. The van der Waals surface area contributed by atoms with Crippen LogP contribution in [0.5, 0.6) is 0 Å². The van der Waals surface area contributed by atoms with Gasteiger partial charge >= 0.3 is 0 Å². The highest BCUT2D eigenvalue weighted by molar-refractivity contribution is 4.98. The first kappa shape index (κ1) is 13.6. The Kier molecular flexibility index (Phi) is 5.20. The van der Waals surface area contributed by atoms with Crippen LogP contribution in [0.4, 0.5) is 0 Å². The molecule has 0 amide bonds. The minimum atomic E-state index is 0.867. The molecule has 2 heterocycles. The molecule has 1 fully saturated rings. The molecule has 0 unspecified atom stereocenters. The van der Waals surface area contributed by atoms with Gasteiger partial charge in [-0.2, -0.15) is 0 Å². The third-order valence-electron chi connectivity index (χ3n) is 3.85. The van der Waals surface area contributed by atoms with Crippen molar-refractivity contribution >= 4 is 0 Å². The molecule has 1 aliphatic rings. The van der Waals surface area contributed by atoms with Crippen molar-refractivity contribution in [3.8, 4) is 0 Å². The molecule has 4 heteroatoms. The molecule has 1 saturated heterocycles. The summed E-state index contributed by atoms with van der Waals surface area (Å²) in [4.78, 5) is 6.84. The summed E-state index contributed by atoms with van der Waals surface area (Å²) in [6, 6.07) is 0. The Morgan fingerprint density at radius 1 is 1.39 bits per heavy atom. The van der Waals surface area contributed by atoms with Gasteiger partial charge in [-0.05, 0) is 51.9 Å². The molecule has 0 bridgehead atoms. The summed E-state index contributed by atoms with van der Waals surface area (Å²) >= 11 is 0. The molecule has 4 nitrogen and oxygen atoms in total. The van der Waals surface area contributed by atoms with Gasteiger partial charge in [-0.15, -0.1) is 0 Å². The molecule has 1 aromatic heterocycles. The lowest BCUT2D eigenvalue weighted by atomic mass is 9.97. The number of nitrogens with zero attached hydrogens (tertiary/aromatic N) is 3. The standard InChI is InChI=1S/C14H26N4/c1-3-6-18-12-16-10-14(18)11-17-7-4-13(5-8-17)9-15-2/h10,12-13,15H,3-9,11H2,1-2H3. The second-order valence-electron chi connectivity index (χ2n) is 5.36. The Morgan fingerprint density at radius 3 is 2.83 bits per heavy atom. The van der Waals surface area contributed by atoms with E-state index in [1.807, 2.05) is 12.5 Å². The lowest BCUT2D eigenvalue weighted by molar-refractivity contribution is 0.173. The van der Waals surface area contributed by atoms with Crippen molar-refractivity contribution in [3.63, 3.8) is 0 Å². The van der Waals surface area contributed by atoms with E-state index < -0.39 is 0 Å². The average molecular weight is 250 g/mol. The van der Waals surface area contributed by atoms with E-state index in [9.17, 15) is 0 Å². The summed E-state index contributed by atoms with van der Waals surface area (Å²) < 4.78 is 2.29. The van der Waals surface area contributed by atoms with Crippen LogP contribution in [-0.4, -0.2) is 41.1 Å².